The lowest BCUT2D eigenvalue weighted by Gasteiger charge is -2.22. The molecule has 7 heteroatoms. The molecule has 0 aliphatic carbocycles. The van der Waals surface area contributed by atoms with Crippen LogP contribution in [0, 0.1) is 15.9 Å². The molecule has 0 atom stereocenters. The number of carbonyl (C=O) groups is 1. The molecular weight excluding hydrogens is 391 g/mol. The number of anilines is 1. The van der Waals surface area contributed by atoms with Crippen LogP contribution in [0.2, 0.25) is 0 Å². The van der Waals surface area contributed by atoms with Crippen LogP contribution in [-0.2, 0) is 17.8 Å². The number of unbranched alkanes of at least 4 members (excludes halogenated alkanes) is 1. The van der Waals surface area contributed by atoms with Gasteiger partial charge in [-0.25, -0.2) is 0 Å². The summed E-state index contributed by atoms with van der Waals surface area (Å²) in [7, 11) is 0. The lowest BCUT2D eigenvalue weighted by Crippen LogP contribution is -2.22. The maximum atomic E-state index is 14.8. The molecule has 25 heavy (non-hydrogen) atoms. The van der Waals surface area contributed by atoms with E-state index >= 15 is 0 Å². The van der Waals surface area contributed by atoms with E-state index in [2.05, 4.69) is 15.9 Å². The number of halogens is 2. The molecule has 2 rings (SSSR count). The van der Waals surface area contributed by atoms with E-state index in [4.69, 9.17) is 0 Å². The maximum Gasteiger partial charge on any atom is 0.319 e. The first kappa shape index (κ1) is 19.1. The van der Waals surface area contributed by atoms with Crippen molar-refractivity contribution in [1.82, 2.24) is 0 Å². The van der Waals surface area contributed by atoms with E-state index in [9.17, 15) is 19.3 Å². The number of benzene rings is 2. The summed E-state index contributed by atoms with van der Waals surface area (Å²) < 4.78 is 14.8. The van der Waals surface area contributed by atoms with Crippen LogP contribution in [0.25, 0.3) is 0 Å². The third kappa shape index (κ3) is 4.42. The molecule has 0 spiro atoms. The number of rotatable bonds is 8. The molecule has 132 valence electrons. The van der Waals surface area contributed by atoms with Crippen LogP contribution in [0.4, 0.5) is 15.8 Å². The molecule has 2 aromatic carbocycles. The molecule has 0 radical (unpaired) electrons. The third-order valence-electron chi connectivity index (χ3n) is 3.87. The summed E-state index contributed by atoms with van der Waals surface area (Å²) in [6.45, 7) is 2.21. The van der Waals surface area contributed by atoms with Crippen LogP contribution in [0.15, 0.2) is 40.9 Å². The predicted molar refractivity (Wildman–Crippen MR) is 98.1 cm³/mol. The first-order valence-electron chi connectivity index (χ1n) is 7.90. The Kier molecular flexibility index (Phi) is 6.64. The smallest absolute Gasteiger partial charge is 0.310 e. The number of nitro benzene ring substituents is 1. The number of nitrogens with zero attached hydrogens (tertiary/aromatic N) is 2. The van der Waals surface area contributed by atoms with Gasteiger partial charge in [-0.3, -0.25) is 14.9 Å². The second kappa shape index (κ2) is 8.71. The van der Waals surface area contributed by atoms with E-state index in [-0.39, 0.29) is 16.6 Å². The molecule has 0 fully saturated rings. The van der Waals surface area contributed by atoms with Gasteiger partial charge in [0.2, 0.25) is 12.2 Å². The highest BCUT2D eigenvalue weighted by Gasteiger charge is 2.27. The highest BCUT2D eigenvalue weighted by Crippen LogP contribution is 2.37. The fourth-order valence-corrected chi connectivity index (χ4v) is 3.15. The van der Waals surface area contributed by atoms with Crippen molar-refractivity contribution in [2.45, 2.75) is 32.7 Å². The van der Waals surface area contributed by atoms with Crippen molar-refractivity contribution in [3.63, 3.8) is 0 Å². The van der Waals surface area contributed by atoms with Gasteiger partial charge < -0.3 is 4.90 Å². The maximum absolute atomic E-state index is 14.8. The first-order valence-corrected chi connectivity index (χ1v) is 8.70. The van der Waals surface area contributed by atoms with E-state index in [1.54, 1.807) is 0 Å². The average Bonchev–Trinajstić information content (AvgIpc) is 2.59. The minimum atomic E-state index is -0.886. The standard InChI is InChI=1S/C18H18BrFN2O3/c1-2-3-9-14-16(10-15(19)18(17(14)20)22(24)25)21(12-23)11-13-7-5-4-6-8-13/h4-8,10,12H,2-3,9,11H2,1H3. The van der Waals surface area contributed by atoms with Gasteiger partial charge in [-0.05, 0) is 40.4 Å². The summed E-state index contributed by atoms with van der Waals surface area (Å²) in [6, 6.07) is 10.7. The van der Waals surface area contributed by atoms with E-state index in [1.807, 2.05) is 37.3 Å². The molecule has 0 heterocycles. The Bertz CT molecular complexity index is 769. The number of hydrogen-bond donors (Lipinski definition) is 0. The predicted octanol–water partition coefficient (Wildman–Crippen LogP) is 5.00. The minimum Gasteiger partial charge on any atom is -0.310 e. The van der Waals surface area contributed by atoms with Crippen molar-refractivity contribution in [3.05, 3.63) is 67.9 Å². The van der Waals surface area contributed by atoms with Crippen LogP contribution >= 0.6 is 15.9 Å². The van der Waals surface area contributed by atoms with Gasteiger partial charge in [0.25, 0.3) is 0 Å². The second-order valence-corrected chi connectivity index (χ2v) is 6.45. The summed E-state index contributed by atoms with van der Waals surface area (Å²) in [5.41, 5.74) is 0.827. The summed E-state index contributed by atoms with van der Waals surface area (Å²) in [6.07, 6.45) is 2.42. The molecule has 0 unspecified atom stereocenters. The topological polar surface area (TPSA) is 63.5 Å². The largest absolute Gasteiger partial charge is 0.319 e. The lowest BCUT2D eigenvalue weighted by molar-refractivity contribution is -0.388. The van der Waals surface area contributed by atoms with Gasteiger partial charge in [0.05, 0.1) is 17.2 Å². The zero-order valence-electron chi connectivity index (χ0n) is 13.7. The quantitative estimate of drug-likeness (QED) is 0.350. The van der Waals surface area contributed by atoms with Crippen LogP contribution in [-0.4, -0.2) is 11.3 Å². The zero-order valence-corrected chi connectivity index (χ0v) is 15.3. The van der Waals surface area contributed by atoms with E-state index in [0.29, 0.717) is 24.9 Å². The molecule has 1 amide bonds. The van der Waals surface area contributed by atoms with E-state index < -0.39 is 16.4 Å². The van der Waals surface area contributed by atoms with Gasteiger partial charge in [-0.1, -0.05) is 43.7 Å². The number of nitro groups is 1. The molecule has 5 nitrogen and oxygen atoms in total. The Morgan fingerprint density at radius 3 is 2.56 bits per heavy atom. The van der Waals surface area contributed by atoms with E-state index in [1.165, 1.54) is 11.0 Å². The molecule has 0 aromatic heterocycles. The highest BCUT2D eigenvalue weighted by atomic mass is 79.9. The van der Waals surface area contributed by atoms with Crippen LogP contribution < -0.4 is 4.90 Å². The summed E-state index contributed by atoms with van der Waals surface area (Å²) in [4.78, 5) is 23.4. The Morgan fingerprint density at radius 1 is 1.32 bits per heavy atom. The summed E-state index contributed by atoms with van der Waals surface area (Å²) >= 11 is 3.06. The molecule has 0 aliphatic heterocycles. The fourth-order valence-electron chi connectivity index (χ4n) is 2.61. The van der Waals surface area contributed by atoms with Crippen LogP contribution in [0.5, 0.6) is 0 Å². The Hall–Kier alpha value is -2.28. The lowest BCUT2D eigenvalue weighted by atomic mass is 10.0. The molecular formula is C18H18BrFN2O3. The zero-order chi connectivity index (χ0) is 18.4. The Balaban J connectivity index is 2.52. The SMILES string of the molecule is CCCCc1c(N(C=O)Cc2ccccc2)cc(Br)c([N+](=O)[O-])c1F. The minimum absolute atomic E-state index is 0.0187. The van der Waals surface area contributed by atoms with Gasteiger partial charge >= 0.3 is 5.69 Å². The molecule has 2 aromatic rings. The van der Waals surface area contributed by atoms with Gasteiger partial charge in [-0.15, -0.1) is 0 Å². The molecule has 0 saturated carbocycles. The highest BCUT2D eigenvalue weighted by molar-refractivity contribution is 9.10. The monoisotopic (exact) mass is 408 g/mol. The Labute approximate surface area is 153 Å². The van der Waals surface area contributed by atoms with Gasteiger partial charge in [-0.2, -0.15) is 4.39 Å². The molecule has 0 N–H and O–H groups in total. The number of amides is 1. The number of carbonyl (C=O) groups excluding carboxylic acids is 1. The van der Waals surface area contributed by atoms with Crippen molar-refractivity contribution in [2.75, 3.05) is 4.90 Å². The normalized spacial score (nSPS) is 10.5. The van der Waals surface area contributed by atoms with Gasteiger partial charge in [0.1, 0.15) is 4.47 Å². The van der Waals surface area contributed by atoms with Gasteiger partial charge in [0.15, 0.2) is 0 Å². The van der Waals surface area contributed by atoms with Crippen molar-refractivity contribution in [3.8, 4) is 0 Å². The van der Waals surface area contributed by atoms with Crippen LogP contribution in [0.1, 0.15) is 30.9 Å². The summed E-state index contributed by atoms with van der Waals surface area (Å²) in [5.74, 6) is -0.886. The fraction of sp³-hybridized carbons (Fsp3) is 0.278. The summed E-state index contributed by atoms with van der Waals surface area (Å²) in [5, 5.41) is 11.2. The second-order valence-electron chi connectivity index (χ2n) is 5.60. The van der Waals surface area contributed by atoms with Crippen molar-refractivity contribution in [1.29, 1.82) is 0 Å². The van der Waals surface area contributed by atoms with Gasteiger partial charge in [0, 0.05) is 5.56 Å². The molecule has 0 saturated heterocycles. The Morgan fingerprint density at radius 2 is 2.00 bits per heavy atom. The molecule has 0 bridgehead atoms. The van der Waals surface area contributed by atoms with E-state index in [0.717, 1.165) is 12.0 Å². The van der Waals surface area contributed by atoms with Crippen LogP contribution in [0.3, 0.4) is 0 Å². The average molecular weight is 409 g/mol. The molecule has 0 aliphatic rings. The number of hydrogen-bond acceptors (Lipinski definition) is 3. The first-order chi connectivity index (χ1) is 12.0. The van der Waals surface area contributed by atoms with Crippen molar-refractivity contribution >= 4 is 33.7 Å². The van der Waals surface area contributed by atoms with Crippen molar-refractivity contribution < 1.29 is 14.1 Å². The third-order valence-corrected chi connectivity index (χ3v) is 4.47. The van der Waals surface area contributed by atoms with Crippen molar-refractivity contribution in [2.24, 2.45) is 0 Å².